The molecule has 1 aromatic heterocycles. The Labute approximate surface area is 212 Å². The number of hydrogen-bond donors (Lipinski definition) is 1. The molecule has 0 amide bonds. The lowest BCUT2D eigenvalue weighted by atomic mass is 10.1. The van der Waals surface area contributed by atoms with Crippen LogP contribution in [0, 0.1) is 0 Å². The number of thioether (sulfide) groups is 1. The molecular formula is C27H35N3O4S. The van der Waals surface area contributed by atoms with E-state index in [9.17, 15) is 5.11 Å². The van der Waals surface area contributed by atoms with Gasteiger partial charge in [0.1, 0.15) is 5.69 Å². The van der Waals surface area contributed by atoms with Gasteiger partial charge in [-0.25, -0.2) is 0 Å². The van der Waals surface area contributed by atoms with Crippen molar-refractivity contribution in [1.29, 1.82) is 0 Å². The highest BCUT2D eigenvalue weighted by molar-refractivity contribution is 7.99. The van der Waals surface area contributed by atoms with E-state index < -0.39 is 6.10 Å². The Morgan fingerprint density at radius 2 is 1.80 bits per heavy atom. The zero-order valence-electron chi connectivity index (χ0n) is 20.3. The predicted molar refractivity (Wildman–Crippen MR) is 141 cm³/mol. The number of anilines is 1. The van der Waals surface area contributed by atoms with Crippen molar-refractivity contribution in [2.45, 2.75) is 19.3 Å². The summed E-state index contributed by atoms with van der Waals surface area (Å²) in [5.41, 5.74) is 4.03. The second-order valence-electron chi connectivity index (χ2n) is 8.66. The van der Waals surface area contributed by atoms with Crippen molar-refractivity contribution in [3.8, 4) is 11.3 Å². The third-order valence-electron chi connectivity index (χ3n) is 6.00. The van der Waals surface area contributed by atoms with Crippen LogP contribution in [0.5, 0.6) is 0 Å². The molecule has 35 heavy (non-hydrogen) atoms. The summed E-state index contributed by atoms with van der Waals surface area (Å²) in [6, 6.07) is 20.2. The van der Waals surface area contributed by atoms with E-state index in [4.69, 9.17) is 14.0 Å². The van der Waals surface area contributed by atoms with Gasteiger partial charge in [0.2, 0.25) is 5.88 Å². The highest BCUT2D eigenvalue weighted by Crippen LogP contribution is 2.33. The van der Waals surface area contributed by atoms with Crippen LogP contribution in [0.2, 0.25) is 0 Å². The molecule has 1 atom stereocenters. The number of methoxy groups -OCH3 is 1. The van der Waals surface area contributed by atoms with Gasteiger partial charge in [-0.1, -0.05) is 65.8 Å². The summed E-state index contributed by atoms with van der Waals surface area (Å²) in [5.74, 6) is 2.98. The van der Waals surface area contributed by atoms with Gasteiger partial charge in [0.05, 0.1) is 31.5 Å². The molecule has 1 aliphatic heterocycles. The van der Waals surface area contributed by atoms with Gasteiger partial charge in [0, 0.05) is 56.9 Å². The summed E-state index contributed by atoms with van der Waals surface area (Å²) in [4.78, 5) is 4.49. The van der Waals surface area contributed by atoms with Crippen LogP contribution in [-0.4, -0.2) is 79.3 Å². The normalized spacial score (nSPS) is 15.0. The molecule has 8 heteroatoms. The van der Waals surface area contributed by atoms with Gasteiger partial charge in [0.25, 0.3) is 0 Å². The molecule has 1 aliphatic rings. The zero-order valence-corrected chi connectivity index (χ0v) is 21.2. The molecular weight excluding hydrogens is 462 g/mol. The lowest BCUT2D eigenvalue weighted by Crippen LogP contribution is -2.37. The van der Waals surface area contributed by atoms with Crippen molar-refractivity contribution in [2.24, 2.45) is 0 Å². The molecule has 1 N–H and O–H groups in total. The quantitative estimate of drug-likeness (QED) is 0.381. The van der Waals surface area contributed by atoms with Gasteiger partial charge < -0.3 is 24.0 Å². The minimum absolute atomic E-state index is 0.268. The highest BCUT2D eigenvalue weighted by Gasteiger charge is 2.26. The zero-order chi connectivity index (χ0) is 24.3. The maximum absolute atomic E-state index is 10.8. The van der Waals surface area contributed by atoms with Crippen LogP contribution in [0.15, 0.2) is 65.2 Å². The SMILES string of the molecule is COCCN(Cc1c(-c2ccccc2)noc1N1CCSCC1)C[C@H](O)COCc1ccccc1. The molecule has 2 aromatic carbocycles. The van der Waals surface area contributed by atoms with Gasteiger partial charge in [-0.3, -0.25) is 4.90 Å². The Balaban J connectivity index is 1.47. The molecule has 0 radical (unpaired) electrons. The average molecular weight is 498 g/mol. The third kappa shape index (κ3) is 7.56. The number of aliphatic hydroxyl groups excluding tert-OH is 1. The highest BCUT2D eigenvalue weighted by atomic mass is 32.2. The van der Waals surface area contributed by atoms with Crippen LogP contribution >= 0.6 is 11.8 Å². The lowest BCUT2D eigenvalue weighted by Gasteiger charge is -2.29. The maximum Gasteiger partial charge on any atom is 0.232 e. The molecule has 7 nitrogen and oxygen atoms in total. The lowest BCUT2D eigenvalue weighted by molar-refractivity contribution is 0.00482. The van der Waals surface area contributed by atoms with Crippen molar-refractivity contribution in [3.05, 3.63) is 71.8 Å². The van der Waals surface area contributed by atoms with Crippen LogP contribution in [0.1, 0.15) is 11.1 Å². The molecule has 0 unspecified atom stereocenters. The van der Waals surface area contributed by atoms with Gasteiger partial charge in [-0.05, 0) is 5.56 Å². The molecule has 0 spiro atoms. The summed E-state index contributed by atoms with van der Waals surface area (Å²) in [7, 11) is 1.70. The third-order valence-corrected chi connectivity index (χ3v) is 6.94. The summed E-state index contributed by atoms with van der Waals surface area (Å²) in [6.07, 6.45) is -0.620. The smallest absolute Gasteiger partial charge is 0.232 e. The molecule has 0 saturated carbocycles. The van der Waals surface area contributed by atoms with E-state index in [-0.39, 0.29) is 6.61 Å². The first-order valence-corrected chi connectivity index (χ1v) is 13.3. The second-order valence-corrected chi connectivity index (χ2v) is 9.89. The molecule has 1 fully saturated rings. The van der Waals surface area contributed by atoms with Crippen LogP contribution in [0.3, 0.4) is 0 Å². The minimum Gasteiger partial charge on any atom is -0.389 e. The number of hydrogen-bond acceptors (Lipinski definition) is 8. The Bertz CT molecular complexity index is 996. The first kappa shape index (κ1) is 25.7. The average Bonchev–Trinajstić information content (AvgIpc) is 3.32. The van der Waals surface area contributed by atoms with E-state index in [1.54, 1.807) is 7.11 Å². The fraction of sp³-hybridized carbons (Fsp3) is 0.444. The summed E-state index contributed by atoms with van der Waals surface area (Å²) in [6.45, 7) is 4.95. The molecule has 4 rings (SSSR count). The minimum atomic E-state index is -0.620. The molecule has 2 heterocycles. The second kappa shape index (κ2) is 13.7. The molecule has 188 valence electrons. The first-order chi connectivity index (χ1) is 17.2. The van der Waals surface area contributed by atoms with Crippen molar-refractivity contribution < 1.29 is 19.1 Å². The van der Waals surface area contributed by atoms with Crippen LogP contribution in [0.25, 0.3) is 11.3 Å². The Hall–Kier alpha value is -2.36. The van der Waals surface area contributed by atoms with E-state index in [1.807, 2.05) is 60.3 Å². The summed E-state index contributed by atoms with van der Waals surface area (Å²) < 4.78 is 17.1. The largest absolute Gasteiger partial charge is 0.389 e. The van der Waals surface area contributed by atoms with E-state index in [0.717, 1.165) is 52.9 Å². The fourth-order valence-electron chi connectivity index (χ4n) is 4.20. The van der Waals surface area contributed by atoms with Crippen molar-refractivity contribution in [2.75, 3.05) is 62.9 Å². The first-order valence-electron chi connectivity index (χ1n) is 12.1. The maximum atomic E-state index is 10.8. The topological polar surface area (TPSA) is 71.2 Å². The molecule has 0 aliphatic carbocycles. The van der Waals surface area contributed by atoms with Gasteiger partial charge >= 0.3 is 0 Å². The number of nitrogens with zero attached hydrogens (tertiary/aromatic N) is 3. The van der Waals surface area contributed by atoms with Crippen molar-refractivity contribution in [3.63, 3.8) is 0 Å². The summed E-state index contributed by atoms with van der Waals surface area (Å²) >= 11 is 1.96. The van der Waals surface area contributed by atoms with Gasteiger partial charge in [0.15, 0.2) is 0 Å². The number of aromatic nitrogens is 1. The van der Waals surface area contributed by atoms with Crippen LogP contribution < -0.4 is 4.90 Å². The van der Waals surface area contributed by atoms with E-state index in [0.29, 0.717) is 32.8 Å². The molecule has 0 bridgehead atoms. The van der Waals surface area contributed by atoms with Gasteiger partial charge in [-0.15, -0.1) is 0 Å². The number of ether oxygens (including phenoxy) is 2. The van der Waals surface area contributed by atoms with E-state index >= 15 is 0 Å². The van der Waals surface area contributed by atoms with E-state index in [1.165, 1.54) is 0 Å². The number of benzene rings is 2. The number of rotatable bonds is 13. The standard InChI is InChI=1S/C27H35N3O4S/c1-32-15-12-29(18-24(31)21-33-20-22-8-4-2-5-9-22)19-25-26(23-10-6-3-7-11-23)28-34-27(25)30-13-16-35-17-14-30/h2-11,24,31H,12-21H2,1H3/t24-/m0/s1. The Kier molecular flexibility index (Phi) is 10.0. The van der Waals surface area contributed by atoms with E-state index in [2.05, 4.69) is 27.1 Å². The fourth-order valence-corrected chi connectivity index (χ4v) is 5.10. The van der Waals surface area contributed by atoms with Crippen molar-refractivity contribution in [1.82, 2.24) is 10.1 Å². The Morgan fingerprint density at radius 3 is 2.51 bits per heavy atom. The Morgan fingerprint density at radius 1 is 1.09 bits per heavy atom. The van der Waals surface area contributed by atoms with Crippen molar-refractivity contribution >= 4 is 17.6 Å². The predicted octanol–water partition coefficient (Wildman–Crippen LogP) is 3.92. The number of aliphatic hydroxyl groups is 1. The van der Waals surface area contributed by atoms with Gasteiger partial charge in [-0.2, -0.15) is 11.8 Å². The molecule has 1 saturated heterocycles. The summed E-state index contributed by atoms with van der Waals surface area (Å²) in [5, 5.41) is 15.3. The molecule has 3 aromatic rings. The monoisotopic (exact) mass is 497 g/mol. The van der Waals surface area contributed by atoms with Crippen LogP contribution in [0.4, 0.5) is 5.88 Å². The van der Waals surface area contributed by atoms with Crippen LogP contribution in [-0.2, 0) is 22.6 Å².